The number of hydrogen-bond donors (Lipinski definition) is 0. The number of esters is 1. The second-order valence-corrected chi connectivity index (χ2v) is 4.45. The summed E-state index contributed by atoms with van der Waals surface area (Å²) in [5.74, 6) is -0.140. The van der Waals surface area contributed by atoms with Crippen molar-refractivity contribution in [2.75, 3.05) is 7.11 Å². The maximum Gasteiger partial charge on any atom is 0.316 e. The van der Waals surface area contributed by atoms with E-state index in [4.69, 9.17) is 4.74 Å². The van der Waals surface area contributed by atoms with Gasteiger partial charge in [0.2, 0.25) is 0 Å². The van der Waals surface area contributed by atoms with Gasteiger partial charge >= 0.3 is 5.97 Å². The van der Waals surface area contributed by atoms with E-state index in [2.05, 4.69) is 0 Å². The summed E-state index contributed by atoms with van der Waals surface area (Å²) < 4.78 is 4.87. The van der Waals surface area contributed by atoms with Crippen LogP contribution in [0.1, 0.15) is 38.5 Å². The first-order valence-electron chi connectivity index (χ1n) is 5.51. The lowest BCUT2D eigenvalue weighted by Crippen LogP contribution is -2.32. The van der Waals surface area contributed by atoms with Crippen molar-refractivity contribution >= 4 is 11.8 Å². The molecule has 82 valence electrons. The van der Waals surface area contributed by atoms with Crippen LogP contribution < -0.4 is 0 Å². The van der Waals surface area contributed by atoms with Crippen LogP contribution in [0.2, 0.25) is 0 Å². The van der Waals surface area contributed by atoms with Gasteiger partial charge in [0, 0.05) is 6.42 Å². The smallest absolute Gasteiger partial charge is 0.316 e. The molecule has 2 aliphatic carbocycles. The predicted octanol–water partition coefficient (Wildman–Crippen LogP) is 2.01. The normalized spacial score (nSPS) is 30.5. The highest BCUT2D eigenvalue weighted by molar-refractivity contribution is 6.01. The van der Waals surface area contributed by atoms with Crippen molar-refractivity contribution in [2.45, 2.75) is 38.5 Å². The average molecular weight is 208 g/mol. The Hall–Kier alpha value is -1.12. The number of carbonyl (C=O) groups excluding carboxylic acids is 2. The summed E-state index contributed by atoms with van der Waals surface area (Å²) in [6, 6.07) is 0. The second kappa shape index (κ2) is 3.80. The molecule has 1 unspecified atom stereocenters. The minimum Gasteiger partial charge on any atom is -0.468 e. The van der Waals surface area contributed by atoms with Crippen molar-refractivity contribution in [3.8, 4) is 0 Å². The van der Waals surface area contributed by atoms with Crippen LogP contribution in [-0.4, -0.2) is 18.9 Å². The van der Waals surface area contributed by atoms with E-state index >= 15 is 0 Å². The summed E-state index contributed by atoms with van der Waals surface area (Å²) in [4.78, 5) is 23.3. The van der Waals surface area contributed by atoms with E-state index in [-0.39, 0.29) is 11.8 Å². The lowest BCUT2D eigenvalue weighted by molar-refractivity contribution is -0.151. The number of ether oxygens (including phenoxy) is 1. The molecule has 1 atom stereocenters. The minimum absolute atomic E-state index is 0.0808. The molecule has 0 bridgehead atoms. The number of fused-ring (bicyclic) bond motifs is 1. The molecule has 0 saturated heterocycles. The van der Waals surface area contributed by atoms with Crippen molar-refractivity contribution in [1.29, 1.82) is 0 Å². The van der Waals surface area contributed by atoms with E-state index in [0.29, 0.717) is 6.42 Å². The van der Waals surface area contributed by atoms with Crippen molar-refractivity contribution in [3.63, 3.8) is 0 Å². The van der Waals surface area contributed by atoms with Crippen molar-refractivity contribution in [2.24, 2.45) is 5.41 Å². The van der Waals surface area contributed by atoms with E-state index in [0.717, 1.165) is 37.7 Å². The number of methoxy groups -OCH3 is 1. The average Bonchev–Trinajstić information content (AvgIpc) is 2.42. The fourth-order valence-corrected chi connectivity index (χ4v) is 2.77. The van der Waals surface area contributed by atoms with Gasteiger partial charge in [-0.1, -0.05) is 12.8 Å². The second-order valence-electron chi connectivity index (χ2n) is 4.45. The zero-order chi connectivity index (χ0) is 10.9. The van der Waals surface area contributed by atoms with Gasteiger partial charge in [-0.05, 0) is 30.9 Å². The zero-order valence-corrected chi connectivity index (χ0v) is 9.04. The van der Waals surface area contributed by atoms with Crippen molar-refractivity contribution in [3.05, 3.63) is 11.6 Å². The highest BCUT2D eigenvalue weighted by Crippen LogP contribution is 2.47. The highest BCUT2D eigenvalue weighted by Gasteiger charge is 2.48. The van der Waals surface area contributed by atoms with E-state index in [1.54, 1.807) is 6.08 Å². The molecule has 0 heterocycles. The SMILES string of the molecule is COC(=O)C12CCCCCC1=CC(=O)C2. The van der Waals surface area contributed by atoms with Gasteiger partial charge in [0.25, 0.3) is 0 Å². The summed E-state index contributed by atoms with van der Waals surface area (Å²) in [7, 11) is 1.41. The molecule has 1 saturated carbocycles. The maximum atomic E-state index is 11.9. The van der Waals surface area contributed by atoms with Gasteiger partial charge in [0.15, 0.2) is 5.78 Å². The van der Waals surface area contributed by atoms with Gasteiger partial charge in [-0.3, -0.25) is 9.59 Å². The first-order valence-corrected chi connectivity index (χ1v) is 5.51. The van der Waals surface area contributed by atoms with Crippen LogP contribution >= 0.6 is 0 Å². The molecule has 2 rings (SSSR count). The molecule has 15 heavy (non-hydrogen) atoms. The molecule has 1 fully saturated rings. The van der Waals surface area contributed by atoms with Gasteiger partial charge in [0.1, 0.15) is 0 Å². The molecule has 0 aromatic rings. The quantitative estimate of drug-likeness (QED) is 0.619. The highest BCUT2D eigenvalue weighted by atomic mass is 16.5. The molecule has 0 amide bonds. The summed E-state index contributed by atoms with van der Waals surface area (Å²) >= 11 is 0. The van der Waals surface area contributed by atoms with Crippen LogP contribution in [0.15, 0.2) is 11.6 Å². The molecule has 3 nitrogen and oxygen atoms in total. The molecule has 2 aliphatic rings. The Kier molecular flexibility index (Phi) is 2.63. The van der Waals surface area contributed by atoms with Crippen LogP contribution in [0, 0.1) is 5.41 Å². The van der Waals surface area contributed by atoms with Crippen molar-refractivity contribution < 1.29 is 14.3 Å². The molecule has 0 N–H and O–H groups in total. The molecule has 0 spiro atoms. The molecule has 3 heteroatoms. The fraction of sp³-hybridized carbons (Fsp3) is 0.667. The summed E-state index contributed by atoms with van der Waals surface area (Å²) in [5.41, 5.74) is 0.416. The third-order valence-electron chi connectivity index (χ3n) is 3.55. The van der Waals surface area contributed by atoms with Crippen LogP contribution in [0.5, 0.6) is 0 Å². The molecule has 0 radical (unpaired) electrons. The fourth-order valence-electron chi connectivity index (χ4n) is 2.77. The van der Waals surface area contributed by atoms with Gasteiger partial charge in [-0.25, -0.2) is 0 Å². The van der Waals surface area contributed by atoms with Gasteiger partial charge in [-0.2, -0.15) is 0 Å². The third-order valence-corrected chi connectivity index (χ3v) is 3.55. The Balaban J connectivity index is 2.36. The Labute approximate surface area is 89.5 Å². The number of rotatable bonds is 1. The largest absolute Gasteiger partial charge is 0.468 e. The lowest BCUT2D eigenvalue weighted by Gasteiger charge is -2.26. The van der Waals surface area contributed by atoms with Gasteiger partial charge < -0.3 is 4.74 Å². The molecule has 0 aromatic carbocycles. The molecular weight excluding hydrogens is 192 g/mol. The monoisotopic (exact) mass is 208 g/mol. The molecule has 0 aliphatic heterocycles. The number of carbonyl (C=O) groups is 2. The van der Waals surface area contributed by atoms with Crippen LogP contribution in [0.3, 0.4) is 0 Å². The Morgan fingerprint density at radius 3 is 2.93 bits per heavy atom. The Morgan fingerprint density at radius 2 is 2.20 bits per heavy atom. The maximum absolute atomic E-state index is 11.9. The van der Waals surface area contributed by atoms with E-state index in [9.17, 15) is 9.59 Å². The van der Waals surface area contributed by atoms with Crippen LogP contribution in [0.25, 0.3) is 0 Å². The standard InChI is InChI=1S/C12H16O3/c1-15-11(14)12-6-4-2-3-5-9(12)7-10(13)8-12/h7H,2-6,8H2,1H3. The zero-order valence-electron chi connectivity index (χ0n) is 9.04. The molecule has 0 aromatic heterocycles. The van der Waals surface area contributed by atoms with E-state index in [1.807, 2.05) is 0 Å². The van der Waals surface area contributed by atoms with Gasteiger partial charge in [-0.15, -0.1) is 0 Å². The topological polar surface area (TPSA) is 43.4 Å². The number of hydrogen-bond acceptors (Lipinski definition) is 3. The number of ketones is 1. The number of allylic oxidation sites excluding steroid dienone is 1. The Bertz CT molecular complexity index is 330. The lowest BCUT2D eigenvalue weighted by atomic mass is 9.77. The first-order chi connectivity index (χ1) is 7.19. The molecular formula is C12H16O3. The van der Waals surface area contributed by atoms with Gasteiger partial charge in [0.05, 0.1) is 12.5 Å². The summed E-state index contributed by atoms with van der Waals surface area (Å²) in [6.45, 7) is 0. The predicted molar refractivity (Wildman–Crippen MR) is 55.2 cm³/mol. The summed E-state index contributed by atoms with van der Waals surface area (Å²) in [5, 5.41) is 0. The third kappa shape index (κ3) is 1.60. The summed E-state index contributed by atoms with van der Waals surface area (Å²) in [6.07, 6.45) is 6.89. The minimum atomic E-state index is -0.595. The Morgan fingerprint density at radius 1 is 1.40 bits per heavy atom. The first kappa shape index (κ1) is 10.4. The van der Waals surface area contributed by atoms with Crippen LogP contribution in [-0.2, 0) is 14.3 Å². The van der Waals surface area contributed by atoms with E-state index in [1.165, 1.54) is 7.11 Å². The van der Waals surface area contributed by atoms with Crippen molar-refractivity contribution in [1.82, 2.24) is 0 Å². The van der Waals surface area contributed by atoms with E-state index < -0.39 is 5.41 Å². The van der Waals surface area contributed by atoms with Crippen LogP contribution in [0.4, 0.5) is 0 Å².